The normalized spacial score (nSPS) is 10.2. The molecule has 1 N–H and O–H groups in total. The third-order valence-electron chi connectivity index (χ3n) is 3.71. The molecule has 0 saturated heterocycles. The Hall–Kier alpha value is -2.31. The van der Waals surface area contributed by atoms with E-state index in [1.165, 1.54) is 11.1 Å². The van der Waals surface area contributed by atoms with Gasteiger partial charge in [-0.25, -0.2) is 0 Å². The van der Waals surface area contributed by atoms with Crippen LogP contribution < -0.4 is 4.90 Å². The van der Waals surface area contributed by atoms with E-state index in [-0.39, 0.29) is 6.61 Å². The van der Waals surface area contributed by atoms with Crippen LogP contribution in [0.15, 0.2) is 54.6 Å². The van der Waals surface area contributed by atoms with Crippen LogP contribution in [0.25, 0.3) is 0 Å². The van der Waals surface area contributed by atoms with Crippen LogP contribution in [0.3, 0.4) is 0 Å². The van der Waals surface area contributed by atoms with Gasteiger partial charge in [-0.3, -0.25) is 0 Å². The fourth-order valence-electron chi connectivity index (χ4n) is 2.48. The number of hydrogen-bond donors (Lipinski definition) is 1. The van der Waals surface area contributed by atoms with E-state index in [0.29, 0.717) is 19.5 Å². The van der Waals surface area contributed by atoms with Crippen LogP contribution in [0.1, 0.15) is 17.5 Å². The van der Waals surface area contributed by atoms with Gasteiger partial charge in [0.05, 0.1) is 19.1 Å². The van der Waals surface area contributed by atoms with Gasteiger partial charge in [0.2, 0.25) is 0 Å². The molecule has 2 rings (SSSR count). The van der Waals surface area contributed by atoms with E-state index in [0.717, 1.165) is 18.5 Å². The van der Waals surface area contributed by atoms with Crippen LogP contribution in [-0.2, 0) is 12.8 Å². The lowest BCUT2D eigenvalue weighted by atomic mass is 10.0. The lowest BCUT2D eigenvalue weighted by molar-refractivity contribution is 0.302. The molecule has 0 radical (unpaired) electrons. The first-order chi connectivity index (χ1) is 10.8. The van der Waals surface area contributed by atoms with Crippen molar-refractivity contribution in [3.8, 4) is 6.07 Å². The Bertz CT molecular complexity index is 587. The van der Waals surface area contributed by atoms with Crippen molar-refractivity contribution in [2.75, 3.05) is 24.6 Å². The zero-order chi connectivity index (χ0) is 15.6. The van der Waals surface area contributed by atoms with Crippen molar-refractivity contribution >= 4 is 5.69 Å². The second-order valence-electron chi connectivity index (χ2n) is 5.27. The number of rotatable bonds is 8. The molecule has 0 fully saturated rings. The van der Waals surface area contributed by atoms with E-state index < -0.39 is 0 Å². The molecule has 3 heteroatoms. The summed E-state index contributed by atoms with van der Waals surface area (Å²) in [6, 6.07) is 21.1. The zero-order valence-electron chi connectivity index (χ0n) is 12.8. The summed E-state index contributed by atoms with van der Waals surface area (Å²) in [6.07, 6.45) is 2.52. The van der Waals surface area contributed by atoms with E-state index in [2.05, 4.69) is 54.6 Å². The van der Waals surface area contributed by atoms with Crippen molar-refractivity contribution in [3.63, 3.8) is 0 Å². The molecule has 0 aliphatic rings. The van der Waals surface area contributed by atoms with E-state index in [9.17, 15) is 0 Å². The second kappa shape index (κ2) is 8.86. The molecule has 0 spiro atoms. The maximum atomic E-state index is 9.14. The smallest absolute Gasteiger partial charge is 0.0640 e. The van der Waals surface area contributed by atoms with E-state index in [4.69, 9.17) is 10.4 Å². The third kappa shape index (κ3) is 4.91. The van der Waals surface area contributed by atoms with Crippen molar-refractivity contribution in [3.05, 3.63) is 65.7 Å². The minimum atomic E-state index is 0.0984. The maximum absolute atomic E-state index is 9.14. The first-order valence-corrected chi connectivity index (χ1v) is 7.69. The van der Waals surface area contributed by atoms with Crippen LogP contribution in [0.4, 0.5) is 5.69 Å². The number of aliphatic hydroxyl groups excluding tert-OH is 1. The van der Waals surface area contributed by atoms with Crippen molar-refractivity contribution in [2.24, 2.45) is 0 Å². The largest absolute Gasteiger partial charge is 0.395 e. The summed E-state index contributed by atoms with van der Waals surface area (Å²) in [7, 11) is 0. The lowest BCUT2D eigenvalue weighted by Gasteiger charge is -2.23. The van der Waals surface area contributed by atoms with Crippen LogP contribution in [-0.4, -0.2) is 24.8 Å². The quantitative estimate of drug-likeness (QED) is 0.813. The third-order valence-corrected chi connectivity index (χ3v) is 3.71. The molecule has 0 bridgehead atoms. The summed E-state index contributed by atoms with van der Waals surface area (Å²) < 4.78 is 0. The van der Waals surface area contributed by atoms with Gasteiger partial charge in [-0.05, 0) is 36.1 Å². The predicted octanol–water partition coefficient (Wildman–Crippen LogP) is 3.18. The summed E-state index contributed by atoms with van der Waals surface area (Å²) in [5.74, 6) is 0. The topological polar surface area (TPSA) is 47.3 Å². The Morgan fingerprint density at radius 1 is 0.864 bits per heavy atom. The Labute approximate surface area is 132 Å². The molecule has 114 valence electrons. The molecule has 3 nitrogen and oxygen atoms in total. The van der Waals surface area contributed by atoms with Crippen molar-refractivity contribution in [1.82, 2.24) is 0 Å². The molecule has 0 unspecified atom stereocenters. The molecule has 0 aromatic heterocycles. The Morgan fingerprint density at radius 2 is 1.50 bits per heavy atom. The van der Waals surface area contributed by atoms with E-state index >= 15 is 0 Å². The molecule has 0 aliphatic heterocycles. The van der Waals surface area contributed by atoms with E-state index in [1.807, 2.05) is 11.0 Å². The highest BCUT2D eigenvalue weighted by Crippen LogP contribution is 2.16. The van der Waals surface area contributed by atoms with Gasteiger partial charge in [0.1, 0.15) is 0 Å². The molecule has 0 aliphatic carbocycles. The average molecular weight is 294 g/mol. The van der Waals surface area contributed by atoms with Gasteiger partial charge in [0.15, 0.2) is 0 Å². The highest BCUT2D eigenvalue weighted by Gasteiger charge is 2.05. The van der Waals surface area contributed by atoms with Crippen LogP contribution >= 0.6 is 0 Å². The molecular weight excluding hydrogens is 272 g/mol. The molecule has 2 aromatic rings. The summed E-state index contributed by atoms with van der Waals surface area (Å²) in [6.45, 7) is 1.31. The van der Waals surface area contributed by atoms with Gasteiger partial charge in [-0.15, -0.1) is 0 Å². The highest BCUT2D eigenvalue weighted by atomic mass is 16.3. The number of benzene rings is 2. The molecule has 0 heterocycles. The number of aliphatic hydroxyl groups is 1. The fraction of sp³-hybridized carbons (Fsp3) is 0.316. The van der Waals surface area contributed by atoms with Crippen LogP contribution in [0, 0.1) is 11.3 Å². The first-order valence-electron chi connectivity index (χ1n) is 7.69. The molecule has 0 atom stereocenters. The first kappa shape index (κ1) is 16.1. The summed E-state index contributed by atoms with van der Waals surface area (Å²) in [4.78, 5) is 2.05. The van der Waals surface area contributed by atoms with E-state index in [1.54, 1.807) is 0 Å². The van der Waals surface area contributed by atoms with Gasteiger partial charge >= 0.3 is 0 Å². The van der Waals surface area contributed by atoms with Gasteiger partial charge in [-0.1, -0.05) is 42.5 Å². The molecular formula is C19H22N2O. The van der Waals surface area contributed by atoms with Crippen LogP contribution in [0.5, 0.6) is 0 Å². The van der Waals surface area contributed by atoms with Crippen molar-refractivity contribution in [2.45, 2.75) is 19.3 Å². The van der Waals surface area contributed by atoms with Gasteiger partial charge in [0, 0.05) is 18.8 Å². The standard InChI is InChI=1S/C19H22N2O/c20-13-4-14-21(15-16-22)19-11-9-18(10-12-19)8-7-17-5-2-1-3-6-17/h1-3,5-6,9-12,22H,4,7-8,14-16H2. The maximum Gasteiger partial charge on any atom is 0.0640 e. The summed E-state index contributed by atoms with van der Waals surface area (Å²) in [5.41, 5.74) is 3.71. The molecule has 2 aromatic carbocycles. The summed E-state index contributed by atoms with van der Waals surface area (Å²) in [5, 5.41) is 17.9. The summed E-state index contributed by atoms with van der Waals surface area (Å²) >= 11 is 0. The minimum absolute atomic E-state index is 0.0984. The predicted molar refractivity (Wildman–Crippen MR) is 89.8 cm³/mol. The lowest BCUT2D eigenvalue weighted by Crippen LogP contribution is -2.27. The Balaban J connectivity index is 1.95. The number of nitrogens with zero attached hydrogens (tertiary/aromatic N) is 2. The highest BCUT2D eigenvalue weighted by molar-refractivity contribution is 5.47. The number of anilines is 1. The monoisotopic (exact) mass is 294 g/mol. The number of aryl methyl sites for hydroxylation is 2. The second-order valence-corrected chi connectivity index (χ2v) is 5.27. The molecule has 22 heavy (non-hydrogen) atoms. The SMILES string of the molecule is N#CCCN(CCO)c1ccc(CCc2ccccc2)cc1. The number of hydrogen-bond acceptors (Lipinski definition) is 3. The number of nitriles is 1. The Kier molecular flexibility index (Phi) is 6.47. The van der Waals surface area contributed by atoms with Gasteiger partial charge in [-0.2, -0.15) is 5.26 Å². The zero-order valence-corrected chi connectivity index (χ0v) is 12.8. The van der Waals surface area contributed by atoms with Crippen LogP contribution in [0.2, 0.25) is 0 Å². The molecule has 0 saturated carbocycles. The minimum Gasteiger partial charge on any atom is -0.395 e. The van der Waals surface area contributed by atoms with Gasteiger partial charge < -0.3 is 10.0 Å². The van der Waals surface area contributed by atoms with Crippen molar-refractivity contribution in [1.29, 1.82) is 5.26 Å². The molecule has 0 amide bonds. The fourth-order valence-corrected chi connectivity index (χ4v) is 2.48. The van der Waals surface area contributed by atoms with Crippen molar-refractivity contribution < 1.29 is 5.11 Å². The van der Waals surface area contributed by atoms with Gasteiger partial charge in [0.25, 0.3) is 0 Å². The average Bonchev–Trinajstić information content (AvgIpc) is 2.58. The Morgan fingerprint density at radius 3 is 2.09 bits per heavy atom.